The molecule has 2 aliphatic heterocycles. The van der Waals surface area contributed by atoms with Crippen LogP contribution in [-0.4, -0.2) is 50.7 Å². The number of aromatic nitrogens is 3. The summed E-state index contributed by atoms with van der Waals surface area (Å²) in [7, 11) is 0. The average Bonchev–Trinajstić information content (AvgIpc) is 3.51. The van der Waals surface area contributed by atoms with Gasteiger partial charge in [-0.15, -0.1) is 0 Å². The molecule has 4 aromatic rings. The number of amides is 2. The van der Waals surface area contributed by atoms with Gasteiger partial charge in [0.15, 0.2) is 0 Å². The number of hydrogen-bond donors (Lipinski definition) is 1. The van der Waals surface area contributed by atoms with E-state index in [9.17, 15) is 9.59 Å². The molecule has 2 aromatic heterocycles. The van der Waals surface area contributed by atoms with Crippen molar-refractivity contribution in [2.45, 2.75) is 44.6 Å². The third-order valence-corrected chi connectivity index (χ3v) is 8.73. The van der Waals surface area contributed by atoms with Gasteiger partial charge in [0.05, 0.1) is 17.7 Å². The lowest BCUT2D eigenvalue weighted by molar-refractivity contribution is -0.121. The number of benzene rings is 2. The minimum absolute atomic E-state index is 0.0448. The molecule has 2 amide bonds. The van der Waals surface area contributed by atoms with E-state index >= 15 is 4.39 Å². The molecule has 9 heteroatoms. The van der Waals surface area contributed by atoms with Gasteiger partial charge in [-0.1, -0.05) is 24.3 Å². The van der Waals surface area contributed by atoms with E-state index in [4.69, 9.17) is 5.73 Å². The summed E-state index contributed by atoms with van der Waals surface area (Å²) in [4.78, 5) is 38.5. The highest BCUT2D eigenvalue weighted by atomic mass is 19.1. The number of carbonyl (C=O) groups is 2. The summed E-state index contributed by atoms with van der Waals surface area (Å²) in [5, 5.41) is 0. The first-order valence-electron chi connectivity index (χ1n) is 14.0. The van der Waals surface area contributed by atoms with Crippen LogP contribution in [-0.2, 0) is 11.2 Å². The first-order valence-corrected chi connectivity index (χ1v) is 14.0. The summed E-state index contributed by atoms with van der Waals surface area (Å²) in [5.41, 5.74) is 10.8. The molecule has 40 heavy (non-hydrogen) atoms. The number of nitrogens with zero attached hydrogens (tertiary/aromatic N) is 5. The number of anilines is 1. The molecule has 7 rings (SSSR count). The molecule has 8 nitrogen and oxygen atoms in total. The van der Waals surface area contributed by atoms with Crippen molar-refractivity contribution < 1.29 is 14.0 Å². The van der Waals surface area contributed by atoms with Gasteiger partial charge in [0.1, 0.15) is 11.5 Å². The van der Waals surface area contributed by atoms with Gasteiger partial charge in [-0.05, 0) is 73.9 Å². The van der Waals surface area contributed by atoms with Gasteiger partial charge in [0, 0.05) is 42.8 Å². The monoisotopic (exact) mass is 538 g/mol. The molecule has 0 radical (unpaired) electrons. The molecule has 0 unspecified atom stereocenters. The number of halogens is 1. The largest absolute Gasteiger partial charge is 0.371 e. The van der Waals surface area contributed by atoms with Crippen LogP contribution in [0.3, 0.4) is 0 Å². The fraction of sp³-hybridized carbons (Fsp3) is 0.355. The molecule has 1 saturated carbocycles. The van der Waals surface area contributed by atoms with Crippen molar-refractivity contribution in [3.05, 3.63) is 83.1 Å². The number of fused-ring (bicyclic) bond motifs is 2. The molecular formula is C31H31FN6O2. The van der Waals surface area contributed by atoms with Gasteiger partial charge in [0.2, 0.25) is 11.7 Å². The van der Waals surface area contributed by atoms with Crippen molar-refractivity contribution >= 4 is 23.3 Å². The number of primary amides is 1. The second kappa shape index (κ2) is 9.43. The lowest BCUT2D eigenvalue weighted by atomic mass is 9.93. The summed E-state index contributed by atoms with van der Waals surface area (Å²) in [5.74, 6) is -0.299. The SMILES string of the molecule is C[C@@H]1c2ccccc2CCN1C(=O)c1cc(C2CC2)n2cc(-c3ccc(N4CC[C@H](C(N)=O)C4)cc3F)nc2n1. The Morgan fingerprint density at radius 3 is 2.60 bits per heavy atom. The first kappa shape index (κ1) is 24.7. The summed E-state index contributed by atoms with van der Waals surface area (Å²) in [6.07, 6.45) is 5.39. The molecule has 2 N–H and O–H groups in total. The van der Waals surface area contributed by atoms with Crippen LogP contribution in [0.25, 0.3) is 17.0 Å². The van der Waals surface area contributed by atoms with Crippen molar-refractivity contribution in [1.82, 2.24) is 19.3 Å². The van der Waals surface area contributed by atoms with Crippen LogP contribution < -0.4 is 10.6 Å². The van der Waals surface area contributed by atoms with E-state index in [1.165, 1.54) is 17.2 Å². The lowest BCUT2D eigenvalue weighted by Crippen LogP contribution is -2.39. The molecule has 3 aliphatic rings. The number of carbonyl (C=O) groups excluding carboxylic acids is 2. The third-order valence-electron chi connectivity index (χ3n) is 8.73. The molecule has 2 aromatic carbocycles. The van der Waals surface area contributed by atoms with E-state index < -0.39 is 5.82 Å². The second-order valence-corrected chi connectivity index (χ2v) is 11.3. The highest BCUT2D eigenvalue weighted by molar-refractivity contribution is 5.93. The maximum atomic E-state index is 15.4. The van der Waals surface area contributed by atoms with Gasteiger partial charge in [-0.25, -0.2) is 14.4 Å². The number of hydrogen-bond acceptors (Lipinski definition) is 5. The van der Waals surface area contributed by atoms with Gasteiger partial charge >= 0.3 is 0 Å². The molecule has 0 spiro atoms. The summed E-state index contributed by atoms with van der Waals surface area (Å²) < 4.78 is 17.3. The highest BCUT2D eigenvalue weighted by Gasteiger charge is 2.33. The van der Waals surface area contributed by atoms with Gasteiger partial charge in [-0.3, -0.25) is 14.0 Å². The Labute approximate surface area is 231 Å². The molecule has 204 valence electrons. The maximum absolute atomic E-state index is 15.4. The molecule has 2 atom stereocenters. The first-order chi connectivity index (χ1) is 19.4. The number of nitrogens with two attached hydrogens (primary N) is 1. The Morgan fingerprint density at radius 2 is 1.85 bits per heavy atom. The van der Waals surface area contributed by atoms with E-state index in [2.05, 4.69) is 29.0 Å². The summed E-state index contributed by atoms with van der Waals surface area (Å²) >= 11 is 0. The quantitative estimate of drug-likeness (QED) is 0.404. The topological polar surface area (TPSA) is 96.8 Å². The van der Waals surface area contributed by atoms with Crippen LogP contribution >= 0.6 is 0 Å². The summed E-state index contributed by atoms with van der Waals surface area (Å²) in [6.45, 7) is 3.85. The second-order valence-electron chi connectivity index (χ2n) is 11.3. The predicted molar refractivity (Wildman–Crippen MR) is 149 cm³/mol. The number of imidazole rings is 1. The maximum Gasteiger partial charge on any atom is 0.273 e. The Morgan fingerprint density at radius 1 is 1.02 bits per heavy atom. The van der Waals surface area contributed by atoms with E-state index in [-0.39, 0.29) is 23.8 Å². The van der Waals surface area contributed by atoms with E-state index in [0.29, 0.717) is 54.7 Å². The Balaban J connectivity index is 1.21. The fourth-order valence-corrected chi connectivity index (χ4v) is 6.25. The van der Waals surface area contributed by atoms with Crippen LogP contribution in [0.4, 0.5) is 10.1 Å². The van der Waals surface area contributed by atoms with Crippen LogP contribution in [0.2, 0.25) is 0 Å². The summed E-state index contributed by atoms with van der Waals surface area (Å²) in [6, 6.07) is 15.2. The average molecular weight is 539 g/mol. The van der Waals surface area contributed by atoms with E-state index in [0.717, 1.165) is 30.6 Å². The zero-order chi connectivity index (χ0) is 27.5. The molecule has 2 fully saturated rings. The number of rotatable bonds is 5. The zero-order valence-electron chi connectivity index (χ0n) is 22.4. The van der Waals surface area contributed by atoms with Crippen molar-refractivity contribution in [1.29, 1.82) is 0 Å². The molecular weight excluding hydrogens is 507 g/mol. The fourth-order valence-electron chi connectivity index (χ4n) is 6.25. The van der Waals surface area contributed by atoms with Gasteiger partial charge < -0.3 is 15.5 Å². The zero-order valence-corrected chi connectivity index (χ0v) is 22.4. The Hall–Kier alpha value is -4.27. The van der Waals surface area contributed by atoms with Crippen molar-refractivity contribution in [2.75, 3.05) is 24.5 Å². The molecule has 1 aliphatic carbocycles. The van der Waals surface area contributed by atoms with Crippen LogP contribution in [0.5, 0.6) is 0 Å². The van der Waals surface area contributed by atoms with E-state index in [1.807, 2.05) is 44.7 Å². The highest BCUT2D eigenvalue weighted by Crippen LogP contribution is 2.41. The normalized spacial score (nSPS) is 20.6. The Bertz CT molecular complexity index is 1660. The standard InChI is InChI=1S/C31H31FN6O2/c1-18-23-5-3-2-4-19(23)11-13-37(18)30(40)26-15-28(20-6-7-20)38-17-27(35-31(38)34-26)24-9-8-22(14-25(24)32)36-12-10-21(16-36)29(33)39/h2-5,8-9,14-15,17-18,20-21H,6-7,10-13,16H2,1H3,(H2,33,39)/t18-,21+/m1/s1. The van der Waals surface area contributed by atoms with Gasteiger partial charge in [0.25, 0.3) is 5.91 Å². The van der Waals surface area contributed by atoms with E-state index in [1.54, 1.807) is 6.07 Å². The minimum atomic E-state index is -0.395. The predicted octanol–water partition coefficient (Wildman–Crippen LogP) is 4.48. The van der Waals surface area contributed by atoms with Crippen LogP contribution in [0.1, 0.15) is 65.5 Å². The lowest BCUT2D eigenvalue weighted by Gasteiger charge is -2.35. The van der Waals surface area contributed by atoms with Crippen LogP contribution in [0, 0.1) is 11.7 Å². The molecule has 1 saturated heterocycles. The van der Waals surface area contributed by atoms with Crippen LogP contribution in [0.15, 0.2) is 54.7 Å². The smallest absolute Gasteiger partial charge is 0.273 e. The Kier molecular flexibility index (Phi) is 5.83. The van der Waals surface area contributed by atoms with Crippen molar-refractivity contribution in [2.24, 2.45) is 11.7 Å². The molecule has 4 heterocycles. The van der Waals surface area contributed by atoms with Crippen molar-refractivity contribution in [3.8, 4) is 11.3 Å². The minimum Gasteiger partial charge on any atom is -0.371 e. The van der Waals surface area contributed by atoms with Gasteiger partial charge in [-0.2, -0.15) is 0 Å². The van der Waals surface area contributed by atoms with Crippen molar-refractivity contribution in [3.63, 3.8) is 0 Å². The third kappa shape index (κ3) is 4.20. The molecule has 0 bridgehead atoms.